The van der Waals surface area contributed by atoms with E-state index in [-0.39, 0.29) is 11.5 Å². The predicted molar refractivity (Wildman–Crippen MR) is 140 cm³/mol. The van der Waals surface area contributed by atoms with Gasteiger partial charge < -0.3 is 4.90 Å². The van der Waals surface area contributed by atoms with Crippen molar-refractivity contribution in [1.29, 1.82) is 0 Å². The number of amides is 1. The smallest absolute Gasteiger partial charge is 0.267 e. The van der Waals surface area contributed by atoms with Gasteiger partial charge in [-0.3, -0.25) is 18.9 Å². The van der Waals surface area contributed by atoms with Crippen molar-refractivity contribution in [2.24, 2.45) is 0 Å². The maximum Gasteiger partial charge on any atom is 0.267 e. The average molecular weight is 479 g/mol. The Labute approximate surface area is 202 Å². The van der Waals surface area contributed by atoms with E-state index in [1.54, 1.807) is 21.6 Å². The Morgan fingerprint density at radius 1 is 1.15 bits per heavy atom. The van der Waals surface area contributed by atoms with Gasteiger partial charge in [-0.2, -0.15) is 0 Å². The van der Waals surface area contributed by atoms with E-state index in [4.69, 9.17) is 17.2 Å². The van der Waals surface area contributed by atoms with Crippen LogP contribution in [0.1, 0.15) is 36.5 Å². The highest BCUT2D eigenvalue weighted by molar-refractivity contribution is 8.26. The molecule has 0 unspecified atom stereocenters. The number of carbonyl (C=O) groups excluding carboxylic acids is 1. The zero-order valence-corrected chi connectivity index (χ0v) is 20.6. The molecule has 0 atom stereocenters. The van der Waals surface area contributed by atoms with E-state index in [1.165, 1.54) is 11.8 Å². The van der Waals surface area contributed by atoms with Crippen LogP contribution in [0.5, 0.6) is 0 Å². The molecular weight excluding hydrogens is 452 g/mol. The number of rotatable bonds is 7. The van der Waals surface area contributed by atoms with E-state index in [9.17, 15) is 9.59 Å². The largest absolute Gasteiger partial charge is 0.355 e. The molecule has 0 aliphatic carbocycles. The zero-order chi connectivity index (χ0) is 23.5. The van der Waals surface area contributed by atoms with Crippen LogP contribution < -0.4 is 10.5 Å². The summed E-state index contributed by atoms with van der Waals surface area (Å²) in [7, 11) is 1.91. The van der Waals surface area contributed by atoms with Gasteiger partial charge in [0.2, 0.25) is 0 Å². The van der Waals surface area contributed by atoms with Gasteiger partial charge in [-0.1, -0.05) is 73.7 Å². The number of thioether (sulfide) groups is 1. The molecule has 1 amide bonds. The van der Waals surface area contributed by atoms with Crippen molar-refractivity contribution in [2.45, 2.75) is 33.2 Å². The minimum absolute atomic E-state index is 0.149. The monoisotopic (exact) mass is 478 g/mol. The van der Waals surface area contributed by atoms with Crippen molar-refractivity contribution in [3.05, 3.63) is 80.6 Å². The number of aromatic nitrogens is 2. The van der Waals surface area contributed by atoms with Gasteiger partial charge in [-0.25, -0.2) is 4.98 Å². The normalized spacial score (nSPS) is 15.1. The van der Waals surface area contributed by atoms with Crippen LogP contribution in [0.15, 0.2) is 58.4 Å². The Balaban J connectivity index is 1.83. The first-order valence-corrected chi connectivity index (χ1v) is 12.2. The van der Waals surface area contributed by atoms with Crippen LogP contribution in [0.25, 0.3) is 11.7 Å². The van der Waals surface area contributed by atoms with E-state index >= 15 is 0 Å². The van der Waals surface area contributed by atoms with Gasteiger partial charge in [0.1, 0.15) is 15.8 Å². The molecule has 2 aromatic heterocycles. The zero-order valence-electron chi connectivity index (χ0n) is 18.9. The number of nitrogens with zero attached hydrogens (tertiary/aromatic N) is 4. The molecule has 0 N–H and O–H groups in total. The number of pyridine rings is 1. The Morgan fingerprint density at radius 2 is 1.91 bits per heavy atom. The Morgan fingerprint density at radius 3 is 2.64 bits per heavy atom. The standard InChI is InChI=1S/C25H26N4O2S2/c1-4-5-13-29-24(31)20(33-25(29)32)15-19-22(27(3)16-18-11-7-6-8-12-18)26-21-17(2)10-9-14-28(21)23(19)30/h6-12,14-15H,4-5,13,16H2,1-3H3/b20-15-. The van der Waals surface area contributed by atoms with E-state index in [1.807, 2.05) is 61.3 Å². The number of unbranched alkanes of at least 4 members (excludes halogenated alkanes) is 1. The summed E-state index contributed by atoms with van der Waals surface area (Å²) >= 11 is 6.68. The van der Waals surface area contributed by atoms with Gasteiger partial charge in [0.05, 0.1) is 10.5 Å². The maximum absolute atomic E-state index is 13.6. The van der Waals surface area contributed by atoms with Crippen LogP contribution >= 0.6 is 24.0 Å². The highest BCUT2D eigenvalue weighted by atomic mass is 32.2. The molecule has 3 aromatic rings. The minimum Gasteiger partial charge on any atom is -0.355 e. The summed E-state index contributed by atoms with van der Waals surface area (Å²) < 4.78 is 2.07. The lowest BCUT2D eigenvalue weighted by molar-refractivity contribution is -0.122. The molecule has 0 radical (unpaired) electrons. The molecule has 1 aromatic carbocycles. The van der Waals surface area contributed by atoms with Crippen LogP contribution in [0.2, 0.25) is 0 Å². The first-order chi connectivity index (χ1) is 15.9. The third-order valence-corrected chi connectivity index (χ3v) is 6.95. The predicted octanol–water partition coefficient (Wildman–Crippen LogP) is 4.64. The number of benzene rings is 1. The van der Waals surface area contributed by atoms with Crippen LogP contribution in [0.3, 0.4) is 0 Å². The van der Waals surface area contributed by atoms with Gasteiger partial charge in [0.25, 0.3) is 11.5 Å². The van der Waals surface area contributed by atoms with Crippen LogP contribution in [-0.4, -0.2) is 38.1 Å². The lowest BCUT2D eigenvalue weighted by Crippen LogP contribution is -2.29. The van der Waals surface area contributed by atoms with Crippen molar-refractivity contribution in [2.75, 3.05) is 18.5 Å². The summed E-state index contributed by atoms with van der Waals surface area (Å²) in [5, 5.41) is 0. The van der Waals surface area contributed by atoms with E-state index < -0.39 is 0 Å². The molecular formula is C25H26N4O2S2. The second-order valence-corrected chi connectivity index (χ2v) is 9.74. The molecule has 170 valence electrons. The third kappa shape index (κ3) is 4.72. The lowest BCUT2D eigenvalue weighted by atomic mass is 10.2. The first kappa shape index (κ1) is 23.2. The quantitative estimate of drug-likeness (QED) is 0.364. The fourth-order valence-electron chi connectivity index (χ4n) is 3.79. The number of hydrogen-bond acceptors (Lipinski definition) is 6. The van der Waals surface area contributed by atoms with Crippen molar-refractivity contribution >= 4 is 51.7 Å². The highest BCUT2D eigenvalue weighted by Crippen LogP contribution is 2.33. The molecule has 3 heterocycles. The second kappa shape index (κ2) is 9.89. The molecule has 1 aliphatic heterocycles. The number of thiocarbonyl (C=S) groups is 1. The van der Waals surface area contributed by atoms with Gasteiger partial charge in [-0.15, -0.1) is 0 Å². The summed E-state index contributed by atoms with van der Waals surface area (Å²) in [6, 6.07) is 13.8. The fraction of sp³-hybridized carbons (Fsp3) is 0.280. The van der Waals surface area contributed by atoms with Gasteiger partial charge >= 0.3 is 0 Å². The van der Waals surface area contributed by atoms with Crippen LogP contribution in [-0.2, 0) is 11.3 Å². The van der Waals surface area contributed by atoms with Crippen molar-refractivity contribution < 1.29 is 4.79 Å². The summed E-state index contributed by atoms with van der Waals surface area (Å²) in [5.41, 5.74) is 2.78. The van der Waals surface area contributed by atoms with Gasteiger partial charge in [0.15, 0.2) is 0 Å². The number of hydrogen-bond donors (Lipinski definition) is 0. The Kier molecular flexibility index (Phi) is 6.95. The van der Waals surface area contributed by atoms with Crippen LogP contribution in [0, 0.1) is 6.92 Å². The summed E-state index contributed by atoms with van der Waals surface area (Å²) in [6.07, 6.45) is 5.22. The van der Waals surface area contributed by atoms with E-state index in [0.717, 1.165) is 24.0 Å². The Hall–Kier alpha value is -2.97. The van der Waals surface area contributed by atoms with Gasteiger partial charge in [-0.05, 0) is 36.6 Å². The third-order valence-electron chi connectivity index (χ3n) is 5.57. The molecule has 6 nitrogen and oxygen atoms in total. The molecule has 1 aliphatic rings. The number of anilines is 1. The molecule has 1 saturated heterocycles. The highest BCUT2D eigenvalue weighted by Gasteiger charge is 2.32. The number of carbonyl (C=O) groups is 1. The first-order valence-electron chi connectivity index (χ1n) is 10.9. The van der Waals surface area contributed by atoms with E-state index in [2.05, 4.69) is 6.92 Å². The fourth-order valence-corrected chi connectivity index (χ4v) is 5.08. The number of fused-ring (bicyclic) bond motifs is 1. The molecule has 8 heteroatoms. The molecule has 0 spiro atoms. The van der Waals surface area contributed by atoms with Crippen molar-refractivity contribution in [3.8, 4) is 0 Å². The summed E-state index contributed by atoms with van der Waals surface area (Å²) in [4.78, 5) is 35.5. The maximum atomic E-state index is 13.6. The van der Waals surface area contributed by atoms with Gasteiger partial charge in [0, 0.05) is 26.3 Å². The van der Waals surface area contributed by atoms with Crippen molar-refractivity contribution in [3.63, 3.8) is 0 Å². The molecule has 0 saturated carbocycles. The number of aryl methyl sites for hydroxylation is 1. The SMILES string of the molecule is CCCCN1C(=O)/C(=C/c2c(N(C)Cc3ccccc3)nc3c(C)cccn3c2=O)SC1=S. The summed E-state index contributed by atoms with van der Waals surface area (Å²) in [5.74, 6) is 0.390. The lowest BCUT2D eigenvalue weighted by Gasteiger charge is -2.21. The topological polar surface area (TPSA) is 57.9 Å². The second-order valence-electron chi connectivity index (χ2n) is 8.07. The summed E-state index contributed by atoms with van der Waals surface area (Å²) in [6.45, 7) is 5.17. The molecule has 1 fully saturated rings. The van der Waals surface area contributed by atoms with E-state index in [0.29, 0.717) is 39.3 Å². The van der Waals surface area contributed by atoms with Crippen molar-refractivity contribution in [1.82, 2.24) is 14.3 Å². The minimum atomic E-state index is -0.211. The average Bonchev–Trinajstić information content (AvgIpc) is 3.07. The molecule has 0 bridgehead atoms. The molecule has 33 heavy (non-hydrogen) atoms. The molecule has 4 rings (SSSR count). The Bertz CT molecular complexity index is 1300. The van der Waals surface area contributed by atoms with Crippen LogP contribution in [0.4, 0.5) is 5.82 Å².